The van der Waals surface area contributed by atoms with E-state index in [0.29, 0.717) is 0 Å². The summed E-state index contributed by atoms with van der Waals surface area (Å²) < 4.78 is 26.5. The minimum Gasteiger partial charge on any atom is -0.358 e. The van der Waals surface area contributed by atoms with Gasteiger partial charge in [-0.2, -0.15) is 0 Å². The molecule has 0 saturated heterocycles. The van der Waals surface area contributed by atoms with Gasteiger partial charge in [-0.25, -0.2) is 8.78 Å². The van der Waals surface area contributed by atoms with Crippen molar-refractivity contribution in [3.63, 3.8) is 0 Å². The second kappa shape index (κ2) is 6.72. The summed E-state index contributed by atoms with van der Waals surface area (Å²) in [6.45, 7) is 0.282. The van der Waals surface area contributed by atoms with Gasteiger partial charge < -0.3 is 10.3 Å². The first-order valence-corrected chi connectivity index (χ1v) is 8.96. The predicted octanol–water partition coefficient (Wildman–Crippen LogP) is 4.91. The van der Waals surface area contributed by atoms with Crippen LogP contribution in [0.25, 0.3) is 10.9 Å². The molecule has 6 heteroatoms. The summed E-state index contributed by atoms with van der Waals surface area (Å²) in [5.41, 5.74) is 4.64. The minimum atomic E-state index is -1.10. The molecule has 1 aliphatic carbocycles. The van der Waals surface area contributed by atoms with Gasteiger partial charge >= 0.3 is 0 Å². The summed E-state index contributed by atoms with van der Waals surface area (Å²) >= 11 is 5.85. The zero-order chi connectivity index (χ0) is 18.3. The number of aromatic nitrogens is 1. The minimum absolute atomic E-state index is 0.0781. The van der Waals surface area contributed by atoms with Crippen molar-refractivity contribution in [2.24, 2.45) is 0 Å². The number of H-pyrrole nitrogens is 1. The highest BCUT2D eigenvalue weighted by molar-refractivity contribution is 6.33. The fraction of sp³-hybridized carbons (Fsp3) is 0.250. The summed E-state index contributed by atoms with van der Waals surface area (Å²) in [5.74, 6) is -2.71. The summed E-state index contributed by atoms with van der Waals surface area (Å²) in [7, 11) is 0. The third-order valence-electron chi connectivity index (χ3n) is 4.87. The number of benzene rings is 2. The number of amides is 1. The lowest BCUT2D eigenvalue weighted by atomic mass is 9.95. The molecule has 134 valence electrons. The summed E-state index contributed by atoms with van der Waals surface area (Å²) in [4.78, 5) is 15.7. The monoisotopic (exact) mass is 374 g/mol. The number of rotatable bonds is 3. The summed E-state index contributed by atoms with van der Waals surface area (Å²) in [5, 5.41) is 3.79. The number of carbonyl (C=O) groups excluding carboxylic acids is 1. The Bertz CT molecular complexity index is 1010. The van der Waals surface area contributed by atoms with Crippen LogP contribution < -0.4 is 5.32 Å². The van der Waals surface area contributed by atoms with Crippen LogP contribution in [0.4, 0.5) is 8.78 Å². The predicted molar refractivity (Wildman–Crippen MR) is 97.5 cm³/mol. The highest BCUT2D eigenvalue weighted by atomic mass is 35.5. The van der Waals surface area contributed by atoms with Crippen molar-refractivity contribution in [3.8, 4) is 0 Å². The highest BCUT2D eigenvalue weighted by Crippen LogP contribution is 2.29. The molecule has 1 aromatic heterocycles. The van der Waals surface area contributed by atoms with E-state index in [1.54, 1.807) is 0 Å². The van der Waals surface area contributed by atoms with Gasteiger partial charge in [0, 0.05) is 23.1 Å². The van der Waals surface area contributed by atoms with Crippen molar-refractivity contribution in [1.29, 1.82) is 0 Å². The number of carbonyl (C=O) groups is 1. The van der Waals surface area contributed by atoms with E-state index in [9.17, 15) is 13.6 Å². The molecule has 26 heavy (non-hydrogen) atoms. The summed E-state index contributed by atoms with van der Waals surface area (Å²) in [6, 6.07) is 7.66. The van der Waals surface area contributed by atoms with E-state index in [0.717, 1.165) is 36.1 Å². The molecular weight excluding hydrogens is 358 g/mol. The quantitative estimate of drug-likeness (QED) is 0.629. The van der Waals surface area contributed by atoms with Crippen LogP contribution in [0.2, 0.25) is 5.02 Å². The van der Waals surface area contributed by atoms with Crippen molar-refractivity contribution in [3.05, 3.63) is 69.4 Å². The molecule has 0 saturated carbocycles. The normalized spacial score (nSPS) is 13.7. The third kappa shape index (κ3) is 3.07. The smallest absolute Gasteiger partial charge is 0.253 e. The Morgan fingerprint density at radius 1 is 1.12 bits per heavy atom. The van der Waals surface area contributed by atoms with Crippen LogP contribution in [0.1, 0.15) is 40.0 Å². The fourth-order valence-corrected chi connectivity index (χ4v) is 3.77. The van der Waals surface area contributed by atoms with Crippen LogP contribution in [0, 0.1) is 11.6 Å². The standard InChI is InChI=1S/C20H17ClF2N2O/c21-15-9-17(23)16(22)8-14(15)20(26)24-10-11-5-6-19-13(7-11)12-3-1-2-4-18(12)25-19/h5-9,25H,1-4,10H2,(H,24,26). The van der Waals surface area contributed by atoms with E-state index in [4.69, 9.17) is 11.6 Å². The number of aryl methyl sites for hydroxylation is 2. The second-order valence-electron chi connectivity index (χ2n) is 6.60. The number of halogens is 3. The Morgan fingerprint density at radius 3 is 2.73 bits per heavy atom. The number of hydrogen-bond acceptors (Lipinski definition) is 1. The molecule has 3 nitrogen and oxygen atoms in total. The lowest BCUT2D eigenvalue weighted by Crippen LogP contribution is -2.23. The molecule has 0 radical (unpaired) electrons. The van der Waals surface area contributed by atoms with Gasteiger partial charge in [-0.3, -0.25) is 4.79 Å². The Labute approximate surface area is 154 Å². The van der Waals surface area contributed by atoms with Crippen LogP contribution in [0.5, 0.6) is 0 Å². The Kier molecular flexibility index (Phi) is 4.41. The molecule has 3 aromatic rings. The average molecular weight is 375 g/mol. The lowest BCUT2D eigenvalue weighted by Gasteiger charge is -2.11. The second-order valence-corrected chi connectivity index (χ2v) is 7.01. The van der Waals surface area contributed by atoms with Crippen LogP contribution >= 0.6 is 11.6 Å². The maximum atomic E-state index is 13.4. The van der Waals surface area contributed by atoms with E-state index >= 15 is 0 Å². The molecule has 0 atom stereocenters. The van der Waals surface area contributed by atoms with Crippen molar-refractivity contribution >= 4 is 28.4 Å². The van der Waals surface area contributed by atoms with Gasteiger partial charge in [-0.05, 0) is 61.1 Å². The molecule has 1 amide bonds. The maximum Gasteiger partial charge on any atom is 0.253 e. The van der Waals surface area contributed by atoms with Crippen LogP contribution in [-0.4, -0.2) is 10.9 Å². The number of hydrogen-bond donors (Lipinski definition) is 2. The Hall–Kier alpha value is -2.40. The number of fused-ring (bicyclic) bond motifs is 3. The van der Waals surface area contributed by atoms with Gasteiger partial charge in [-0.1, -0.05) is 17.7 Å². The van der Waals surface area contributed by atoms with Gasteiger partial charge in [0.15, 0.2) is 11.6 Å². The first-order valence-electron chi connectivity index (χ1n) is 8.58. The molecule has 1 aliphatic rings. The molecule has 2 N–H and O–H groups in total. The Morgan fingerprint density at radius 2 is 1.88 bits per heavy atom. The SMILES string of the molecule is O=C(NCc1ccc2[nH]c3c(c2c1)CCCC3)c1cc(F)c(F)cc1Cl. The van der Waals surface area contributed by atoms with Gasteiger partial charge in [-0.15, -0.1) is 0 Å². The first-order chi connectivity index (χ1) is 12.5. The van der Waals surface area contributed by atoms with E-state index in [1.807, 2.05) is 12.1 Å². The maximum absolute atomic E-state index is 13.4. The van der Waals surface area contributed by atoms with Crippen molar-refractivity contribution in [2.45, 2.75) is 32.2 Å². The molecular formula is C20H17ClF2N2O. The molecule has 0 unspecified atom stereocenters. The van der Waals surface area contributed by atoms with Gasteiger partial charge in [0.2, 0.25) is 0 Å². The first kappa shape index (κ1) is 17.0. The van der Waals surface area contributed by atoms with Crippen molar-refractivity contribution in [2.75, 3.05) is 0 Å². The summed E-state index contributed by atoms with van der Waals surface area (Å²) in [6.07, 6.45) is 4.54. The van der Waals surface area contributed by atoms with E-state index < -0.39 is 17.5 Å². The van der Waals surface area contributed by atoms with E-state index in [2.05, 4.69) is 16.4 Å². The average Bonchev–Trinajstić information content (AvgIpc) is 3.00. The molecule has 0 fully saturated rings. The third-order valence-corrected chi connectivity index (χ3v) is 5.18. The van der Waals surface area contributed by atoms with Gasteiger partial charge in [0.05, 0.1) is 10.6 Å². The molecule has 1 heterocycles. The van der Waals surface area contributed by atoms with Gasteiger partial charge in [0.25, 0.3) is 5.91 Å². The van der Waals surface area contributed by atoms with E-state index in [-0.39, 0.29) is 17.1 Å². The Balaban J connectivity index is 1.54. The van der Waals surface area contributed by atoms with Crippen LogP contribution in [0.15, 0.2) is 30.3 Å². The molecule has 2 aromatic carbocycles. The fourth-order valence-electron chi connectivity index (χ4n) is 3.54. The zero-order valence-corrected chi connectivity index (χ0v) is 14.7. The van der Waals surface area contributed by atoms with Crippen molar-refractivity contribution in [1.82, 2.24) is 10.3 Å². The molecule has 0 aliphatic heterocycles. The van der Waals surface area contributed by atoms with E-state index in [1.165, 1.54) is 29.5 Å². The molecule has 4 rings (SSSR count). The number of aromatic amines is 1. The highest BCUT2D eigenvalue weighted by Gasteiger charge is 2.17. The largest absolute Gasteiger partial charge is 0.358 e. The lowest BCUT2D eigenvalue weighted by molar-refractivity contribution is 0.0950. The molecule has 0 bridgehead atoms. The zero-order valence-electron chi connectivity index (χ0n) is 14.0. The molecule has 0 spiro atoms. The van der Waals surface area contributed by atoms with Gasteiger partial charge in [0.1, 0.15) is 0 Å². The number of nitrogens with one attached hydrogen (secondary N) is 2. The van der Waals surface area contributed by atoms with Crippen molar-refractivity contribution < 1.29 is 13.6 Å². The van der Waals surface area contributed by atoms with Crippen LogP contribution in [-0.2, 0) is 19.4 Å². The van der Waals surface area contributed by atoms with Crippen LogP contribution in [0.3, 0.4) is 0 Å². The topological polar surface area (TPSA) is 44.9 Å².